The van der Waals surface area contributed by atoms with Crippen molar-refractivity contribution in [3.63, 3.8) is 0 Å². The van der Waals surface area contributed by atoms with Crippen molar-refractivity contribution < 1.29 is 5.11 Å². The number of aliphatic hydroxyl groups excluding tert-OH is 1. The van der Waals surface area contributed by atoms with Crippen LogP contribution < -0.4 is 0 Å². The molecule has 0 aromatic heterocycles. The Morgan fingerprint density at radius 3 is 2.33 bits per heavy atom. The van der Waals surface area contributed by atoms with Crippen LogP contribution in [0.4, 0.5) is 0 Å². The highest BCUT2D eigenvalue weighted by atomic mass is 16.3. The first-order valence-corrected chi connectivity index (χ1v) is 8.43. The lowest BCUT2D eigenvalue weighted by Crippen LogP contribution is -2.44. The minimum Gasteiger partial charge on any atom is -0.396 e. The maximum absolute atomic E-state index is 10.00. The number of hydrogen-bond acceptors (Lipinski definition) is 2. The highest BCUT2D eigenvalue weighted by molar-refractivity contribution is 5.14. The van der Waals surface area contributed by atoms with Crippen LogP contribution in [0.3, 0.4) is 0 Å². The standard InChI is InChI=1S/C19H31NO/c1-16(2)20(13-18-7-5-4-6-8-18)14-19(15-21)11-9-17(3)10-12-19/h4-8,16-17,21H,9-15H2,1-3H3. The molecule has 0 bridgehead atoms. The minimum absolute atomic E-state index is 0.117. The molecule has 2 rings (SSSR count). The molecule has 0 heterocycles. The fourth-order valence-electron chi connectivity index (χ4n) is 3.41. The van der Waals surface area contributed by atoms with Gasteiger partial charge in [0.2, 0.25) is 0 Å². The first-order chi connectivity index (χ1) is 10.0. The fraction of sp³-hybridized carbons (Fsp3) is 0.684. The zero-order valence-corrected chi connectivity index (χ0v) is 13.9. The Morgan fingerprint density at radius 1 is 1.19 bits per heavy atom. The smallest absolute Gasteiger partial charge is 0.0499 e. The fourth-order valence-corrected chi connectivity index (χ4v) is 3.41. The molecule has 0 atom stereocenters. The van der Waals surface area contributed by atoms with Crippen LogP contribution >= 0.6 is 0 Å². The van der Waals surface area contributed by atoms with Gasteiger partial charge in [-0.05, 0) is 38.2 Å². The number of aliphatic hydroxyl groups is 1. The highest BCUT2D eigenvalue weighted by Gasteiger charge is 2.35. The molecule has 1 N–H and O–H groups in total. The predicted molar refractivity (Wildman–Crippen MR) is 89.1 cm³/mol. The summed E-state index contributed by atoms with van der Waals surface area (Å²) >= 11 is 0. The Morgan fingerprint density at radius 2 is 1.81 bits per heavy atom. The van der Waals surface area contributed by atoms with Gasteiger partial charge in [-0.15, -0.1) is 0 Å². The van der Waals surface area contributed by atoms with Crippen molar-refractivity contribution in [2.24, 2.45) is 11.3 Å². The van der Waals surface area contributed by atoms with Crippen molar-refractivity contribution >= 4 is 0 Å². The summed E-state index contributed by atoms with van der Waals surface area (Å²) in [6.07, 6.45) is 4.86. The Hall–Kier alpha value is -0.860. The molecule has 0 radical (unpaired) electrons. The van der Waals surface area contributed by atoms with E-state index in [1.54, 1.807) is 0 Å². The molecule has 1 aromatic rings. The molecule has 0 aliphatic heterocycles. The van der Waals surface area contributed by atoms with Crippen molar-refractivity contribution in [2.75, 3.05) is 13.2 Å². The van der Waals surface area contributed by atoms with Crippen molar-refractivity contribution in [3.05, 3.63) is 35.9 Å². The molecule has 0 amide bonds. The van der Waals surface area contributed by atoms with E-state index < -0.39 is 0 Å². The summed E-state index contributed by atoms with van der Waals surface area (Å²) in [5.74, 6) is 0.825. The van der Waals surface area contributed by atoms with Gasteiger partial charge in [0.25, 0.3) is 0 Å². The summed E-state index contributed by atoms with van der Waals surface area (Å²) in [5.41, 5.74) is 1.48. The van der Waals surface area contributed by atoms with Crippen molar-refractivity contribution in [1.29, 1.82) is 0 Å². The molecule has 118 valence electrons. The monoisotopic (exact) mass is 289 g/mol. The van der Waals surface area contributed by atoms with Crippen molar-refractivity contribution in [3.8, 4) is 0 Å². The van der Waals surface area contributed by atoms with E-state index >= 15 is 0 Å². The van der Waals surface area contributed by atoms with Gasteiger partial charge in [0.1, 0.15) is 0 Å². The maximum atomic E-state index is 10.00. The largest absolute Gasteiger partial charge is 0.396 e. The first-order valence-electron chi connectivity index (χ1n) is 8.43. The Kier molecular flexibility index (Phi) is 5.83. The highest BCUT2D eigenvalue weighted by Crippen LogP contribution is 2.39. The van der Waals surface area contributed by atoms with E-state index in [-0.39, 0.29) is 5.41 Å². The molecule has 1 saturated carbocycles. The normalized spacial score (nSPS) is 26.5. The number of rotatable bonds is 6. The molecular formula is C19H31NO. The Bertz CT molecular complexity index is 407. The van der Waals surface area contributed by atoms with E-state index in [0.717, 1.165) is 19.0 Å². The van der Waals surface area contributed by atoms with Crippen LogP contribution in [0.15, 0.2) is 30.3 Å². The summed E-state index contributed by atoms with van der Waals surface area (Å²) in [6.45, 7) is 9.20. The summed E-state index contributed by atoms with van der Waals surface area (Å²) in [5, 5.41) is 10.00. The molecule has 0 saturated heterocycles. The number of benzene rings is 1. The molecule has 1 aromatic carbocycles. The van der Waals surface area contributed by atoms with Crippen LogP contribution in [0, 0.1) is 11.3 Å². The van der Waals surface area contributed by atoms with Gasteiger partial charge in [-0.3, -0.25) is 4.90 Å². The SMILES string of the molecule is CC1CCC(CO)(CN(Cc2ccccc2)C(C)C)CC1. The van der Waals surface area contributed by atoms with Crippen molar-refractivity contribution in [2.45, 2.75) is 59.0 Å². The molecule has 2 nitrogen and oxygen atoms in total. The molecular weight excluding hydrogens is 258 g/mol. The van der Waals surface area contributed by atoms with Gasteiger partial charge in [-0.2, -0.15) is 0 Å². The van der Waals surface area contributed by atoms with Crippen LogP contribution in [0.1, 0.15) is 52.0 Å². The molecule has 0 spiro atoms. The zero-order chi connectivity index (χ0) is 15.3. The summed E-state index contributed by atoms with van der Waals surface area (Å²) < 4.78 is 0. The first kappa shape index (κ1) is 16.5. The van der Waals surface area contributed by atoms with Gasteiger partial charge >= 0.3 is 0 Å². The summed E-state index contributed by atoms with van der Waals surface area (Å²) in [7, 11) is 0. The summed E-state index contributed by atoms with van der Waals surface area (Å²) in [4.78, 5) is 2.53. The average molecular weight is 289 g/mol. The molecule has 1 aliphatic rings. The van der Waals surface area contributed by atoms with Crippen molar-refractivity contribution in [1.82, 2.24) is 4.90 Å². The van der Waals surface area contributed by atoms with Crippen LogP contribution in [-0.4, -0.2) is 29.2 Å². The lowest BCUT2D eigenvalue weighted by molar-refractivity contribution is 0.0170. The molecule has 1 aliphatic carbocycles. The van der Waals surface area contributed by atoms with Gasteiger partial charge < -0.3 is 5.11 Å². The second-order valence-corrected chi connectivity index (χ2v) is 7.32. The van der Waals surface area contributed by atoms with Gasteiger partial charge in [-0.1, -0.05) is 50.1 Å². The van der Waals surface area contributed by atoms with Gasteiger partial charge in [0, 0.05) is 31.2 Å². The van der Waals surface area contributed by atoms with Gasteiger partial charge in [0.15, 0.2) is 0 Å². The van der Waals surface area contributed by atoms with E-state index in [2.05, 4.69) is 56.0 Å². The maximum Gasteiger partial charge on any atom is 0.0499 e. The van der Waals surface area contributed by atoms with Crippen LogP contribution in [-0.2, 0) is 6.54 Å². The minimum atomic E-state index is 0.117. The third-order valence-electron chi connectivity index (χ3n) is 5.17. The average Bonchev–Trinajstić information content (AvgIpc) is 2.50. The third kappa shape index (κ3) is 4.55. The third-order valence-corrected chi connectivity index (χ3v) is 5.17. The quantitative estimate of drug-likeness (QED) is 0.853. The predicted octanol–water partition coefficient (Wildman–Crippen LogP) is 4.09. The number of hydrogen-bond donors (Lipinski definition) is 1. The lowest BCUT2D eigenvalue weighted by atomic mass is 9.71. The van der Waals surface area contributed by atoms with E-state index in [9.17, 15) is 5.11 Å². The summed E-state index contributed by atoms with van der Waals surface area (Å²) in [6, 6.07) is 11.2. The van der Waals surface area contributed by atoms with E-state index in [0.29, 0.717) is 12.6 Å². The van der Waals surface area contributed by atoms with Crippen LogP contribution in [0.5, 0.6) is 0 Å². The van der Waals surface area contributed by atoms with Gasteiger partial charge in [-0.25, -0.2) is 0 Å². The van der Waals surface area contributed by atoms with E-state index in [4.69, 9.17) is 0 Å². The van der Waals surface area contributed by atoms with E-state index in [1.165, 1.54) is 31.2 Å². The van der Waals surface area contributed by atoms with Crippen LogP contribution in [0.2, 0.25) is 0 Å². The number of nitrogens with zero attached hydrogens (tertiary/aromatic N) is 1. The lowest BCUT2D eigenvalue weighted by Gasteiger charge is -2.43. The molecule has 0 unspecified atom stereocenters. The van der Waals surface area contributed by atoms with E-state index in [1.807, 2.05) is 0 Å². The Labute approximate surface area is 130 Å². The topological polar surface area (TPSA) is 23.5 Å². The van der Waals surface area contributed by atoms with Crippen LogP contribution in [0.25, 0.3) is 0 Å². The molecule has 1 fully saturated rings. The Balaban J connectivity index is 2.04. The zero-order valence-electron chi connectivity index (χ0n) is 13.9. The second kappa shape index (κ2) is 7.42. The molecule has 21 heavy (non-hydrogen) atoms. The van der Waals surface area contributed by atoms with Gasteiger partial charge in [0.05, 0.1) is 0 Å². The molecule has 2 heteroatoms. The second-order valence-electron chi connectivity index (χ2n) is 7.32.